The predicted octanol–water partition coefficient (Wildman–Crippen LogP) is 6.27. The minimum absolute atomic E-state index is 0.0342. The van der Waals surface area contributed by atoms with E-state index in [1.54, 1.807) is 39.0 Å². The number of ether oxygens (including phenoxy) is 2. The summed E-state index contributed by atoms with van der Waals surface area (Å²) in [5.74, 6) is -1.40. The fraction of sp³-hybridized carbons (Fsp3) is 0.393. The van der Waals surface area contributed by atoms with Gasteiger partial charge in [0.05, 0.1) is 5.56 Å². The molecule has 0 radical (unpaired) electrons. The number of carbonyl (C=O) groups excluding carboxylic acids is 3. The van der Waals surface area contributed by atoms with Gasteiger partial charge >= 0.3 is 12.6 Å². The van der Waals surface area contributed by atoms with Gasteiger partial charge in [0.2, 0.25) is 11.7 Å². The summed E-state index contributed by atoms with van der Waals surface area (Å²) in [6, 6.07) is 7.82. The number of thiophene rings is 1. The number of fused-ring (bicyclic) bond motifs is 1. The number of benzene rings is 1. The van der Waals surface area contributed by atoms with Gasteiger partial charge in [-0.2, -0.15) is 8.78 Å². The molecular formula is C28H30F2N2O5S. The number of rotatable bonds is 9. The summed E-state index contributed by atoms with van der Waals surface area (Å²) in [5.41, 5.74) is 3.66. The fourth-order valence-corrected chi connectivity index (χ4v) is 5.92. The first-order valence-electron chi connectivity index (χ1n) is 12.4. The zero-order chi connectivity index (χ0) is 27.7. The molecule has 1 atom stereocenters. The largest absolute Gasteiger partial charge is 0.451 e. The minimum atomic E-state index is -2.91. The number of aromatic nitrogens is 1. The number of anilines is 1. The number of carbonyl (C=O) groups is 3. The smallest absolute Gasteiger partial charge is 0.387 e. The van der Waals surface area contributed by atoms with Crippen molar-refractivity contribution in [2.75, 3.05) is 5.32 Å². The molecule has 1 N–H and O–H groups in total. The maximum absolute atomic E-state index is 13.4. The summed E-state index contributed by atoms with van der Waals surface area (Å²) in [7, 11) is 0. The molecule has 2 heterocycles. The molecule has 0 bridgehead atoms. The number of aryl methyl sites for hydroxylation is 2. The predicted molar refractivity (Wildman–Crippen MR) is 141 cm³/mol. The van der Waals surface area contributed by atoms with E-state index in [9.17, 15) is 23.2 Å². The molecule has 2 aromatic heterocycles. The first-order chi connectivity index (χ1) is 18.0. The third kappa shape index (κ3) is 5.50. The van der Waals surface area contributed by atoms with E-state index in [2.05, 4.69) is 10.1 Å². The van der Waals surface area contributed by atoms with Crippen LogP contribution in [0.1, 0.15) is 69.7 Å². The van der Waals surface area contributed by atoms with Crippen molar-refractivity contribution in [3.63, 3.8) is 0 Å². The lowest BCUT2D eigenvalue weighted by Gasteiger charge is -2.15. The van der Waals surface area contributed by atoms with Crippen LogP contribution in [0.3, 0.4) is 0 Å². The Morgan fingerprint density at radius 2 is 1.74 bits per heavy atom. The first-order valence-corrected chi connectivity index (χ1v) is 13.2. The van der Waals surface area contributed by atoms with Gasteiger partial charge in [0, 0.05) is 33.4 Å². The third-order valence-corrected chi connectivity index (χ3v) is 7.76. The Morgan fingerprint density at radius 3 is 2.37 bits per heavy atom. The van der Waals surface area contributed by atoms with E-state index in [-0.39, 0.29) is 23.4 Å². The fourth-order valence-electron chi connectivity index (χ4n) is 4.64. The lowest BCUT2D eigenvalue weighted by molar-refractivity contribution is -0.118. The van der Waals surface area contributed by atoms with Crippen LogP contribution < -0.4 is 10.1 Å². The number of amides is 1. The molecule has 1 amide bonds. The Hall–Kier alpha value is -3.53. The quantitative estimate of drug-likeness (QED) is 0.254. The highest BCUT2D eigenvalue weighted by Gasteiger charge is 2.31. The van der Waals surface area contributed by atoms with Crippen molar-refractivity contribution >= 4 is 34.0 Å². The van der Waals surface area contributed by atoms with Gasteiger partial charge in [-0.05, 0) is 75.9 Å². The number of esters is 1. The number of ketones is 1. The van der Waals surface area contributed by atoms with E-state index in [0.717, 1.165) is 35.4 Å². The highest BCUT2D eigenvalue weighted by molar-refractivity contribution is 7.17. The van der Waals surface area contributed by atoms with Gasteiger partial charge in [-0.15, -0.1) is 11.3 Å². The molecule has 4 rings (SSSR count). The topological polar surface area (TPSA) is 86.6 Å². The molecule has 0 fully saturated rings. The van der Waals surface area contributed by atoms with E-state index in [4.69, 9.17) is 4.74 Å². The van der Waals surface area contributed by atoms with Gasteiger partial charge in [0.1, 0.15) is 10.8 Å². The van der Waals surface area contributed by atoms with Crippen LogP contribution in [0.4, 0.5) is 13.8 Å². The number of nitrogens with one attached hydrogen (secondary N) is 1. The first kappa shape index (κ1) is 27.5. The van der Waals surface area contributed by atoms with Crippen molar-refractivity contribution in [3.8, 4) is 11.4 Å². The van der Waals surface area contributed by atoms with Crippen molar-refractivity contribution < 1.29 is 32.6 Å². The van der Waals surface area contributed by atoms with Crippen LogP contribution in [0.5, 0.6) is 5.75 Å². The standard InChI is InChI=1S/C28H30F2N2O5S/c1-14(2)25(34)31-26-23(20-7-6-8-22(20)38-26)27(35)36-17(5)24(33)21-13-15(3)32(16(21)4)18-9-11-19(12-10-18)37-28(29)30/h9-14,17,28H,6-8H2,1-5H3,(H,31,34)/t17-/m0/s1. The Labute approximate surface area is 223 Å². The third-order valence-electron chi connectivity index (χ3n) is 6.56. The van der Waals surface area contributed by atoms with Crippen LogP contribution in [0, 0.1) is 19.8 Å². The molecule has 0 unspecified atom stereocenters. The number of hydrogen-bond donors (Lipinski definition) is 1. The van der Waals surface area contributed by atoms with Crippen LogP contribution in [0.25, 0.3) is 5.69 Å². The lowest BCUT2D eigenvalue weighted by Crippen LogP contribution is -2.26. The van der Waals surface area contributed by atoms with Gasteiger partial charge in [-0.3, -0.25) is 9.59 Å². The molecule has 3 aromatic rings. The van der Waals surface area contributed by atoms with Crippen molar-refractivity contribution in [1.82, 2.24) is 4.57 Å². The summed E-state index contributed by atoms with van der Waals surface area (Å²) in [6.45, 7) is 5.75. The summed E-state index contributed by atoms with van der Waals surface area (Å²) in [6.07, 6.45) is 1.42. The van der Waals surface area contributed by atoms with Crippen LogP contribution in [0.2, 0.25) is 0 Å². The van der Waals surface area contributed by atoms with E-state index < -0.39 is 18.7 Å². The molecule has 0 saturated carbocycles. The zero-order valence-electron chi connectivity index (χ0n) is 21.9. The Morgan fingerprint density at radius 1 is 1.05 bits per heavy atom. The maximum atomic E-state index is 13.4. The normalized spacial score (nSPS) is 13.5. The Bertz CT molecular complexity index is 1370. The van der Waals surface area contributed by atoms with Crippen molar-refractivity contribution in [2.24, 2.45) is 5.92 Å². The number of nitrogens with zero attached hydrogens (tertiary/aromatic N) is 1. The number of alkyl halides is 2. The number of Topliss-reactive ketones (excluding diaryl/α,β-unsaturated/α-hetero) is 1. The van der Waals surface area contributed by atoms with E-state index >= 15 is 0 Å². The lowest BCUT2D eigenvalue weighted by atomic mass is 10.1. The van der Waals surface area contributed by atoms with Gasteiger partial charge in [-0.25, -0.2) is 4.79 Å². The van der Waals surface area contributed by atoms with Gasteiger partial charge in [0.25, 0.3) is 0 Å². The average molecular weight is 545 g/mol. The van der Waals surface area contributed by atoms with E-state index in [1.807, 2.05) is 11.5 Å². The SMILES string of the molecule is Cc1cc(C(=O)[C@H](C)OC(=O)c2c(NC(=O)C(C)C)sc3c2CCC3)c(C)n1-c1ccc(OC(F)F)cc1. The van der Waals surface area contributed by atoms with Gasteiger partial charge < -0.3 is 19.4 Å². The van der Waals surface area contributed by atoms with Crippen LogP contribution in [-0.4, -0.2) is 34.9 Å². The van der Waals surface area contributed by atoms with E-state index in [0.29, 0.717) is 27.5 Å². The molecule has 38 heavy (non-hydrogen) atoms. The highest BCUT2D eigenvalue weighted by Crippen LogP contribution is 2.40. The summed E-state index contributed by atoms with van der Waals surface area (Å²) in [4.78, 5) is 40.0. The monoisotopic (exact) mass is 544 g/mol. The minimum Gasteiger partial charge on any atom is -0.451 e. The second kappa shape index (κ2) is 11.1. The maximum Gasteiger partial charge on any atom is 0.387 e. The van der Waals surface area contributed by atoms with Crippen molar-refractivity contribution in [2.45, 2.75) is 66.6 Å². The number of hydrogen-bond acceptors (Lipinski definition) is 6. The molecule has 7 nitrogen and oxygen atoms in total. The average Bonchev–Trinajstić information content (AvgIpc) is 3.51. The summed E-state index contributed by atoms with van der Waals surface area (Å²) in [5, 5.41) is 3.31. The summed E-state index contributed by atoms with van der Waals surface area (Å²) >= 11 is 1.39. The molecule has 202 valence electrons. The second-order valence-corrected chi connectivity index (χ2v) is 10.7. The van der Waals surface area contributed by atoms with Gasteiger partial charge in [-0.1, -0.05) is 13.8 Å². The molecule has 1 aromatic carbocycles. The van der Waals surface area contributed by atoms with Crippen LogP contribution in [0.15, 0.2) is 30.3 Å². The van der Waals surface area contributed by atoms with Gasteiger partial charge in [0.15, 0.2) is 6.10 Å². The summed E-state index contributed by atoms with van der Waals surface area (Å²) < 4.78 is 36.8. The molecule has 1 aliphatic rings. The molecule has 0 aliphatic heterocycles. The van der Waals surface area contributed by atoms with Crippen LogP contribution in [-0.2, 0) is 22.4 Å². The zero-order valence-corrected chi connectivity index (χ0v) is 22.7. The molecule has 10 heteroatoms. The van der Waals surface area contributed by atoms with Crippen LogP contribution >= 0.6 is 11.3 Å². The molecule has 0 spiro atoms. The van der Waals surface area contributed by atoms with Crippen molar-refractivity contribution in [3.05, 3.63) is 63.3 Å². The van der Waals surface area contributed by atoms with Crippen molar-refractivity contribution in [1.29, 1.82) is 0 Å². The number of halogens is 2. The molecule has 1 aliphatic carbocycles. The Kier molecular flexibility index (Phi) is 8.01. The highest BCUT2D eigenvalue weighted by atomic mass is 32.1. The molecular weight excluding hydrogens is 514 g/mol. The Balaban J connectivity index is 1.55. The molecule has 0 saturated heterocycles. The second-order valence-electron chi connectivity index (χ2n) is 9.61. The van der Waals surface area contributed by atoms with E-state index in [1.165, 1.54) is 30.4 Å².